The van der Waals surface area contributed by atoms with E-state index in [1.54, 1.807) is 0 Å². The highest BCUT2D eigenvalue weighted by atomic mass is 35.5. The van der Waals surface area contributed by atoms with Crippen molar-refractivity contribution in [2.75, 3.05) is 0 Å². The van der Waals surface area contributed by atoms with Crippen molar-refractivity contribution in [2.45, 2.75) is 26.1 Å². The molecule has 2 heteroatoms. The Labute approximate surface area is 119 Å². The fraction of sp³-hybridized carbons (Fsp3) is 0.250. The van der Waals surface area contributed by atoms with Gasteiger partial charge in [0.1, 0.15) is 0 Å². The normalized spacial score (nSPS) is 12.5. The molecule has 0 radical (unpaired) electrons. The average molecular weight is 279 g/mol. The minimum absolute atomic E-state index is 0.124. The fourth-order valence-corrected chi connectivity index (χ4v) is 2.63. The van der Waals surface area contributed by atoms with Crippen LogP contribution in [0.3, 0.4) is 0 Å². The summed E-state index contributed by atoms with van der Waals surface area (Å²) in [4.78, 5) is 0. The summed E-state index contributed by atoms with van der Waals surface area (Å²) >= 11 is 12.5. The number of aryl methyl sites for hydroxylation is 3. The summed E-state index contributed by atoms with van der Waals surface area (Å²) in [5, 5.41) is 0.627. The highest BCUT2D eigenvalue weighted by Crippen LogP contribution is 2.32. The van der Waals surface area contributed by atoms with Crippen LogP contribution in [0.2, 0.25) is 5.02 Å². The lowest BCUT2D eigenvalue weighted by molar-refractivity contribution is 1.10. The molecule has 0 saturated heterocycles. The molecule has 0 aliphatic carbocycles. The topological polar surface area (TPSA) is 0 Å². The Bertz CT molecular complexity index is 573. The Kier molecular flexibility index (Phi) is 3.99. The molecule has 0 nitrogen and oxygen atoms in total. The van der Waals surface area contributed by atoms with Crippen LogP contribution in [0.15, 0.2) is 36.4 Å². The van der Waals surface area contributed by atoms with Crippen LogP contribution in [0, 0.1) is 20.8 Å². The third kappa shape index (κ3) is 2.71. The van der Waals surface area contributed by atoms with Gasteiger partial charge in [0, 0.05) is 5.02 Å². The van der Waals surface area contributed by atoms with E-state index in [2.05, 4.69) is 32.0 Å². The zero-order chi connectivity index (χ0) is 13.3. The zero-order valence-electron chi connectivity index (χ0n) is 10.8. The van der Waals surface area contributed by atoms with Gasteiger partial charge in [-0.05, 0) is 60.7 Å². The van der Waals surface area contributed by atoms with Crippen LogP contribution >= 0.6 is 23.2 Å². The molecule has 0 spiro atoms. The van der Waals surface area contributed by atoms with Crippen molar-refractivity contribution >= 4 is 23.2 Å². The van der Waals surface area contributed by atoms with Crippen LogP contribution in [-0.4, -0.2) is 0 Å². The number of rotatable bonds is 2. The quantitative estimate of drug-likeness (QED) is 0.628. The Morgan fingerprint density at radius 3 is 2.17 bits per heavy atom. The molecule has 0 bridgehead atoms. The second kappa shape index (κ2) is 5.34. The third-order valence-corrected chi connectivity index (χ3v) is 4.05. The van der Waals surface area contributed by atoms with Crippen molar-refractivity contribution in [1.29, 1.82) is 0 Å². The Hall–Kier alpha value is -0.980. The van der Waals surface area contributed by atoms with Gasteiger partial charge in [0.25, 0.3) is 0 Å². The van der Waals surface area contributed by atoms with E-state index < -0.39 is 0 Å². The minimum Gasteiger partial charge on any atom is -0.113 e. The highest BCUT2D eigenvalue weighted by Gasteiger charge is 2.13. The molecule has 2 rings (SSSR count). The van der Waals surface area contributed by atoms with Gasteiger partial charge in [-0.25, -0.2) is 0 Å². The molecule has 0 aliphatic rings. The standard InChI is InChI=1S/C16H16Cl2/c1-10-4-5-13(8-11(10)2)16(18)15-7-6-14(17)9-12(15)3/h4-9,16H,1-3H3. The van der Waals surface area contributed by atoms with Gasteiger partial charge in [-0.2, -0.15) is 0 Å². The molecule has 0 saturated carbocycles. The summed E-state index contributed by atoms with van der Waals surface area (Å²) in [6, 6.07) is 12.2. The van der Waals surface area contributed by atoms with E-state index in [9.17, 15) is 0 Å². The van der Waals surface area contributed by atoms with Crippen molar-refractivity contribution in [3.8, 4) is 0 Å². The second-order valence-electron chi connectivity index (χ2n) is 4.71. The molecular formula is C16H16Cl2. The SMILES string of the molecule is Cc1ccc(C(Cl)c2ccc(Cl)cc2C)cc1C. The van der Waals surface area contributed by atoms with Gasteiger partial charge >= 0.3 is 0 Å². The Balaban J connectivity index is 2.41. The van der Waals surface area contributed by atoms with E-state index in [0.29, 0.717) is 0 Å². The second-order valence-corrected chi connectivity index (χ2v) is 5.58. The number of hydrogen-bond donors (Lipinski definition) is 0. The molecule has 1 unspecified atom stereocenters. The smallest absolute Gasteiger partial charge is 0.0838 e. The van der Waals surface area contributed by atoms with Crippen molar-refractivity contribution in [1.82, 2.24) is 0 Å². The van der Waals surface area contributed by atoms with E-state index in [0.717, 1.165) is 21.7 Å². The summed E-state index contributed by atoms with van der Waals surface area (Å²) < 4.78 is 0. The summed E-state index contributed by atoms with van der Waals surface area (Å²) in [6.45, 7) is 6.25. The molecule has 0 amide bonds. The monoisotopic (exact) mass is 278 g/mol. The largest absolute Gasteiger partial charge is 0.113 e. The maximum atomic E-state index is 6.57. The Morgan fingerprint density at radius 1 is 0.833 bits per heavy atom. The Morgan fingerprint density at radius 2 is 1.56 bits per heavy atom. The maximum absolute atomic E-state index is 6.57. The molecule has 0 N–H and O–H groups in total. The molecular weight excluding hydrogens is 263 g/mol. The number of benzene rings is 2. The van der Waals surface area contributed by atoms with Gasteiger partial charge in [0.15, 0.2) is 0 Å². The molecule has 0 aliphatic heterocycles. The van der Waals surface area contributed by atoms with Crippen molar-refractivity contribution in [2.24, 2.45) is 0 Å². The number of halogens is 2. The first-order chi connectivity index (χ1) is 8.49. The van der Waals surface area contributed by atoms with Crippen LogP contribution in [0.4, 0.5) is 0 Å². The molecule has 0 heterocycles. The van der Waals surface area contributed by atoms with E-state index in [4.69, 9.17) is 23.2 Å². The minimum atomic E-state index is -0.124. The summed E-state index contributed by atoms with van der Waals surface area (Å²) in [5.74, 6) is 0. The highest BCUT2D eigenvalue weighted by molar-refractivity contribution is 6.30. The van der Waals surface area contributed by atoms with Gasteiger partial charge in [-0.3, -0.25) is 0 Å². The van der Waals surface area contributed by atoms with Crippen LogP contribution in [0.1, 0.15) is 33.2 Å². The van der Waals surface area contributed by atoms with Gasteiger partial charge < -0.3 is 0 Å². The van der Waals surface area contributed by atoms with Crippen LogP contribution < -0.4 is 0 Å². The van der Waals surface area contributed by atoms with Gasteiger partial charge in [-0.1, -0.05) is 35.9 Å². The van der Waals surface area contributed by atoms with Crippen molar-refractivity contribution < 1.29 is 0 Å². The van der Waals surface area contributed by atoms with Crippen LogP contribution in [0.25, 0.3) is 0 Å². The van der Waals surface area contributed by atoms with Gasteiger partial charge in [0.2, 0.25) is 0 Å². The molecule has 2 aromatic rings. The molecule has 2 aromatic carbocycles. The first-order valence-corrected chi connectivity index (χ1v) is 6.78. The maximum Gasteiger partial charge on any atom is 0.0838 e. The summed E-state index contributed by atoms with van der Waals surface area (Å²) in [7, 11) is 0. The van der Waals surface area contributed by atoms with Gasteiger partial charge in [-0.15, -0.1) is 11.6 Å². The molecule has 94 valence electrons. The van der Waals surface area contributed by atoms with Crippen LogP contribution in [-0.2, 0) is 0 Å². The number of hydrogen-bond acceptors (Lipinski definition) is 0. The lowest BCUT2D eigenvalue weighted by Gasteiger charge is -2.15. The zero-order valence-corrected chi connectivity index (χ0v) is 12.3. The van der Waals surface area contributed by atoms with E-state index >= 15 is 0 Å². The lowest BCUT2D eigenvalue weighted by Crippen LogP contribution is -1.97. The van der Waals surface area contributed by atoms with E-state index in [1.165, 1.54) is 11.1 Å². The molecule has 0 aromatic heterocycles. The van der Waals surface area contributed by atoms with Crippen LogP contribution in [0.5, 0.6) is 0 Å². The molecule has 0 fully saturated rings. The van der Waals surface area contributed by atoms with E-state index in [-0.39, 0.29) is 5.38 Å². The summed E-state index contributed by atoms with van der Waals surface area (Å²) in [6.07, 6.45) is 0. The fourth-order valence-electron chi connectivity index (χ4n) is 2.03. The molecule has 18 heavy (non-hydrogen) atoms. The van der Waals surface area contributed by atoms with Crippen molar-refractivity contribution in [3.05, 3.63) is 69.2 Å². The predicted molar refractivity (Wildman–Crippen MR) is 79.8 cm³/mol. The first kappa shape index (κ1) is 13.5. The molecule has 1 atom stereocenters. The summed E-state index contributed by atoms with van der Waals surface area (Å²) in [5.41, 5.74) is 5.93. The van der Waals surface area contributed by atoms with E-state index in [1.807, 2.05) is 25.1 Å². The third-order valence-electron chi connectivity index (χ3n) is 3.33. The average Bonchev–Trinajstić information content (AvgIpc) is 2.32. The number of alkyl halides is 1. The van der Waals surface area contributed by atoms with Gasteiger partial charge in [0.05, 0.1) is 5.38 Å². The van der Waals surface area contributed by atoms with Crippen molar-refractivity contribution in [3.63, 3.8) is 0 Å². The lowest BCUT2D eigenvalue weighted by atomic mass is 9.97. The predicted octanol–water partition coefficient (Wildman–Crippen LogP) is 5.59. The first-order valence-electron chi connectivity index (χ1n) is 5.96.